The number of aliphatic hydroxyl groups excluding tert-OH is 1. The maximum atomic E-state index is 13.6. The summed E-state index contributed by atoms with van der Waals surface area (Å²) in [6.07, 6.45) is 1.18. The minimum absolute atomic E-state index is 0.341. The van der Waals surface area contributed by atoms with E-state index in [0.29, 0.717) is 22.6 Å². The van der Waals surface area contributed by atoms with E-state index in [4.69, 9.17) is 4.74 Å². The van der Waals surface area contributed by atoms with Crippen LogP contribution >= 0.6 is 11.8 Å². The molecular formula is C16H17FO2S. The molecule has 0 spiro atoms. The summed E-state index contributed by atoms with van der Waals surface area (Å²) >= 11 is 1.57. The molecule has 0 heterocycles. The van der Waals surface area contributed by atoms with Crippen molar-refractivity contribution < 1.29 is 14.2 Å². The Morgan fingerprint density at radius 1 is 1.20 bits per heavy atom. The number of aryl methyl sites for hydroxylation is 1. The number of halogens is 1. The molecule has 0 aliphatic heterocycles. The zero-order valence-electron chi connectivity index (χ0n) is 11.7. The first-order valence-corrected chi connectivity index (χ1v) is 7.54. The van der Waals surface area contributed by atoms with Crippen LogP contribution in [0.4, 0.5) is 4.39 Å². The Morgan fingerprint density at radius 2 is 1.90 bits per heavy atom. The maximum absolute atomic E-state index is 13.6. The molecule has 0 aliphatic carbocycles. The molecule has 0 aromatic heterocycles. The number of hydrogen-bond acceptors (Lipinski definition) is 3. The number of rotatable bonds is 4. The first kappa shape index (κ1) is 14.9. The van der Waals surface area contributed by atoms with Crippen molar-refractivity contribution >= 4 is 11.8 Å². The average Bonchev–Trinajstić information content (AvgIpc) is 2.43. The van der Waals surface area contributed by atoms with Gasteiger partial charge >= 0.3 is 0 Å². The summed E-state index contributed by atoms with van der Waals surface area (Å²) in [5.74, 6) is 0.847. The highest BCUT2D eigenvalue weighted by atomic mass is 32.2. The predicted octanol–water partition coefficient (Wildman–Crippen LogP) is 4.70. The van der Waals surface area contributed by atoms with Gasteiger partial charge < -0.3 is 9.84 Å². The van der Waals surface area contributed by atoms with Crippen molar-refractivity contribution in [1.29, 1.82) is 0 Å². The molecule has 20 heavy (non-hydrogen) atoms. The molecule has 1 N–H and O–H groups in total. The Kier molecular flexibility index (Phi) is 4.68. The van der Waals surface area contributed by atoms with E-state index in [1.54, 1.807) is 31.7 Å². The molecule has 0 radical (unpaired) electrons. The van der Waals surface area contributed by atoms with Crippen LogP contribution in [0, 0.1) is 12.7 Å². The maximum Gasteiger partial charge on any atom is 0.140 e. The van der Waals surface area contributed by atoms with Crippen LogP contribution in [0.1, 0.15) is 24.2 Å². The second-order valence-corrected chi connectivity index (χ2v) is 5.42. The Morgan fingerprint density at radius 3 is 2.55 bits per heavy atom. The van der Waals surface area contributed by atoms with Crippen LogP contribution in [-0.2, 0) is 0 Å². The predicted molar refractivity (Wildman–Crippen MR) is 80.1 cm³/mol. The van der Waals surface area contributed by atoms with Crippen LogP contribution in [0.2, 0.25) is 0 Å². The molecule has 1 unspecified atom stereocenters. The summed E-state index contributed by atoms with van der Waals surface area (Å²) in [6, 6.07) is 10.6. The van der Waals surface area contributed by atoms with Gasteiger partial charge in [-0.15, -0.1) is 11.8 Å². The van der Waals surface area contributed by atoms with Crippen LogP contribution < -0.4 is 4.74 Å². The molecule has 1 atom stereocenters. The molecule has 2 aromatic carbocycles. The van der Waals surface area contributed by atoms with Crippen LogP contribution in [0.5, 0.6) is 11.5 Å². The van der Waals surface area contributed by atoms with Crippen LogP contribution in [0.15, 0.2) is 41.3 Å². The summed E-state index contributed by atoms with van der Waals surface area (Å²) in [6.45, 7) is 3.27. The largest absolute Gasteiger partial charge is 0.456 e. The number of aliphatic hydroxyl groups is 1. The second-order valence-electron chi connectivity index (χ2n) is 4.57. The van der Waals surface area contributed by atoms with E-state index in [1.165, 1.54) is 6.07 Å². The minimum Gasteiger partial charge on any atom is -0.456 e. The van der Waals surface area contributed by atoms with Crippen molar-refractivity contribution in [3.8, 4) is 11.5 Å². The molecule has 0 amide bonds. The van der Waals surface area contributed by atoms with E-state index in [1.807, 2.05) is 30.5 Å². The van der Waals surface area contributed by atoms with E-state index in [2.05, 4.69) is 0 Å². The fraction of sp³-hybridized carbons (Fsp3) is 0.250. The van der Waals surface area contributed by atoms with E-state index in [9.17, 15) is 9.50 Å². The zero-order valence-corrected chi connectivity index (χ0v) is 12.5. The molecular weight excluding hydrogens is 275 g/mol. The van der Waals surface area contributed by atoms with E-state index >= 15 is 0 Å². The molecule has 0 fully saturated rings. The number of thioether (sulfide) groups is 1. The quantitative estimate of drug-likeness (QED) is 0.828. The molecule has 2 nitrogen and oxygen atoms in total. The van der Waals surface area contributed by atoms with Gasteiger partial charge in [0.1, 0.15) is 17.3 Å². The zero-order chi connectivity index (χ0) is 14.7. The van der Waals surface area contributed by atoms with Gasteiger partial charge in [-0.1, -0.05) is 12.1 Å². The van der Waals surface area contributed by atoms with Gasteiger partial charge in [0.25, 0.3) is 0 Å². The molecule has 2 rings (SSSR count). The van der Waals surface area contributed by atoms with E-state index in [-0.39, 0.29) is 5.82 Å². The molecule has 2 aromatic rings. The van der Waals surface area contributed by atoms with Gasteiger partial charge in [0.05, 0.1) is 6.10 Å². The van der Waals surface area contributed by atoms with Crippen molar-refractivity contribution in [2.75, 3.05) is 6.26 Å². The van der Waals surface area contributed by atoms with Crippen molar-refractivity contribution in [3.63, 3.8) is 0 Å². The lowest BCUT2D eigenvalue weighted by molar-refractivity contribution is 0.195. The van der Waals surface area contributed by atoms with Gasteiger partial charge in [-0.2, -0.15) is 0 Å². The highest BCUT2D eigenvalue weighted by Gasteiger charge is 2.14. The lowest BCUT2D eigenvalue weighted by Crippen LogP contribution is -1.99. The fourth-order valence-electron chi connectivity index (χ4n) is 1.91. The van der Waals surface area contributed by atoms with E-state index in [0.717, 1.165) is 4.90 Å². The molecule has 106 valence electrons. The monoisotopic (exact) mass is 292 g/mol. The fourth-order valence-corrected chi connectivity index (χ4v) is 2.43. The van der Waals surface area contributed by atoms with Crippen molar-refractivity contribution in [2.45, 2.75) is 24.8 Å². The molecule has 0 aliphatic rings. The van der Waals surface area contributed by atoms with Gasteiger partial charge in [0.15, 0.2) is 0 Å². The minimum atomic E-state index is -0.790. The van der Waals surface area contributed by atoms with Crippen molar-refractivity contribution in [2.24, 2.45) is 0 Å². The summed E-state index contributed by atoms with van der Waals surface area (Å²) in [7, 11) is 0. The summed E-state index contributed by atoms with van der Waals surface area (Å²) in [5.41, 5.74) is 0.940. The number of benzene rings is 2. The molecule has 4 heteroatoms. The van der Waals surface area contributed by atoms with Crippen LogP contribution in [0.3, 0.4) is 0 Å². The normalized spacial score (nSPS) is 12.2. The summed E-state index contributed by atoms with van der Waals surface area (Å²) in [5, 5.41) is 9.77. The standard InChI is InChI=1S/C16H17FO2S/c1-10-8-15(12(11(2)18)9-13(10)17)19-14-6-4-5-7-16(14)20-3/h4-9,11,18H,1-3H3. The molecule has 0 saturated heterocycles. The number of ether oxygens (including phenoxy) is 1. The summed E-state index contributed by atoms with van der Waals surface area (Å²) in [4.78, 5) is 0.992. The van der Waals surface area contributed by atoms with Gasteiger partial charge in [-0.25, -0.2) is 4.39 Å². The average molecular weight is 292 g/mol. The molecule has 0 saturated carbocycles. The number of hydrogen-bond donors (Lipinski definition) is 1. The third-order valence-corrected chi connectivity index (χ3v) is 3.81. The first-order chi connectivity index (χ1) is 9.52. The Balaban J connectivity index is 2.45. The first-order valence-electron chi connectivity index (χ1n) is 6.32. The SMILES string of the molecule is CSc1ccccc1Oc1cc(C)c(F)cc1C(C)O. The van der Waals surface area contributed by atoms with Gasteiger partial charge in [-0.3, -0.25) is 0 Å². The smallest absolute Gasteiger partial charge is 0.140 e. The van der Waals surface area contributed by atoms with Gasteiger partial charge in [0, 0.05) is 10.5 Å². The van der Waals surface area contributed by atoms with Crippen molar-refractivity contribution in [3.05, 3.63) is 53.3 Å². The van der Waals surface area contributed by atoms with Gasteiger partial charge in [-0.05, 0) is 49.9 Å². The summed E-state index contributed by atoms with van der Waals surface area (Å²) < 4.78 is 19.5. The highest BCUT2D eigenvalue weighted by molar-refractivity contribution is 7.98. The van der Waals surface area contributed by atoms with Crippen molar-refractivity contribution in [1.82, 2.24) is 0 Å². The van der Waals surface area contributed by atoms with Gasteiger partial charge in [0.2, 0.25) is 0 Å². The highest BCUT2D eigenvalue weighted by Crippen LogP contribution is 2.35. The Hall–Kier alpha value is -1.52. The van der Waals surface area contributed by atoms with Crippen LogP contribution in [-0.4, -0.2) is 11.4 Å². The second kappa shape index (κ2) is 6.29. The van der Waals surface area contributed by atoms with E-state index < -0.39 is 6.10 Å². The third kappa shape index (κ3) is 3.14. The Labute approximate surface area is 122 Å². The lowest BCUT2D eigenvalue weighted by Gasteiger charge is -2.16. The number of para-hydroxylation sites is 1. The molecule has 0 bridgehead atoms. The topological polar surface area (TPSA) is 29.5 Å². The third-order valence-electron chi connectivity index (χ3n) is 3.03. The Bertz CT molecular complexity index is 611. The van der Waals surface area contributed by atoms with Crippen LogP contribution in [0.25, 0.3) is 0 Å². The lowest BCUT2D eigenvalue weighted by atomic mass is 10.1.